The molecule has 0 aliphatic carbocycles. The van der Waals surface area contributed by atoms with Gasteiger partial charge in [0.05, 0.1) is 13.2 Å². The van der Waals surface area contributed by atoms with Crippen LogP contribution in [0.15, 0.2) is 24.3 Å². The summed E-state index contributed by atoms with van der Waals surface area (Å²) in [5.74, 6) is 0.593. The van der Waals surface area contributed by atoms with Crippen LogP contribution in [0.1, 0.15) is 37.8 Å². The minimum absolute atomic E-state index is 0.0928. The van der Waals surface area contributed by atoms with Gasteiger partial charge in [-0.2, -0.15) is 0 Å². The topological polar surface area (TPSA) is 53.6 Å². The number of carbonyl (C=O) groups excluding carboxylic acids is 1. The van der Waals surface area contributed by atoms with Crippen LogP contribution in [-0.2, 0) is 11.3 Å². The standard InChI is InChI=1S/C20H33N3O2/c1-4-18(5-2)19(23-10-12-25-13-11-23)15-22-20(24)21-14-17-8-6-16(3)7-9-17/h6-9,18-19H,4-5,10-15H2,1-3H3,(H2,21,22,24)/t19-/m1/s1. The molecule has 140 valence electrons. The Morgan fingerprint density at radius 1 is 1.12 bits per heavy atom. The number of ether oxygens (including phenoxy) is 1. The third-order valence-corrected chi connectivity index (χ3v) is 5.15. The lowest BCUT2D eigenvalue weighted by Gasteiger charge is -2.38. The largest absolute Gasteiger partial charge is 0.379 e. The van der Waals surface area contributed by atoms with Crippen LogP contribution in [0.5, 0.6) is 0 Å². The molecule has 1 aliphatic heterocycles. The third-order valence-electron chi connectivity index (χ3n) is 5.15. The number of nitrogens with zero attached hydrogens (tertiary/aromatic N) is 1. The van der Waals surface area contributed by atoms with Crippen molar-refractivity contribution < 1.29 is 9.53 Å². The molecule has 0 radical (unpaired) electrons. The number of urea groups is 1. The molecule has 1 fully saturated rings. The first-order chi connectivity index (χ1) is 12.1. The van der Waals surface area contributed by atoms with Crippen molar-refractivity contribution in [3.63, 3.8) is 0 Å². The maximum atomic E-state index is 12.2. The van der Waals surface area contributed by atoms with Crippen LogP contribution < -0.4 is 10.6 Å². The van der Waals surface area contributed by atoms with Gasteiger partial charge in [-0.05, 0) is 18.4 Å². The van der Waals surface area contributed by atoms with Gasteiger partial charge in [0.25, 0.3) is 0 Å². The van der Waals surface area contributed by atoms with Gasteiger partial charge in [-0.25, -0.2) is 4.79 Å². The number of hydrogen-bond acceptors (Lipinski definition) is 3. The SMILES string of the molecule is CCC(CC)[C@@H](CNC(=O)NCc1ccc(C)cc1)N1CCOCC1. The van der Waals surface area contributed by atoms with E-state index in [0.29, 0.717) is 25.0 Å². The van der Waals surface area contributed by atoms with Gasteiger partial charge in [0.1, 0.15) is 0 Å². The van der Waals surface area contributed by atoms with Gasteiger partial charge in [-0.15, -0.1) is 0 Å². The third kappa shape index (κ3) is 6.33. The highest BCUT2D eigenvalue weighted by molar-refractivity contribution is 5.73. The molecule has 1 atom stereocenters. The van der Waals surface area contributed by atoms with Gasteiger partial charge in [0.2, 0.25) is 0 Å². The first kappa shape index (κ1) is 19.7. The van der Waals surface area contributed by atoms with Crippen molar-refractivity contribution in [2.45, 2.75) is 46.2 Å². The normalized spacial score (nSPS) is 16.6. The smallest absolute Gasteiger partial charge is 0.315 e. The molecule has 0 saturated carbocycles. The molecule has 1 saturated heterocycles. The molecule has 1 aliphatic rings. The molecule has 1 aromatic carbocycles. The van der Waals surface area contributed by atoms with Crippen LogP contribution in [-0.4, -0.2) is 49.8 Å². The van der Waals surface area contributed by atoms with E-state index < -0.39 is 0 Å². The second kappa shape index (κ2) is 10.4. The molecular formula is C20H33N3O2. The molecule has 0 unspecified atom stereocenters. The Balaban J connectivity index is 1.83. The quantitative estimate of drug-likeness (QED) is 0.760. The van der Waals surface area contributed by atoms with Crippen LogP contribution >= 0.6 is 0 Å². The lowest BCUT2D eigenvalue weighted by atomic mass is 9.92. The van der Waals surface area contributed by atoms with Crippen molar-refractivity contribution in [2.75, 3.05) is 32.8 Å². The molecule has 25 heavy (non-hydrogen) atoms. The summed E-state index contributed by atoms with van der Waals surface area (Å²) in [6.07, 6.45) is 2.26. The van der Waals surface area contributed by atoms with Crippen LogP contribution in [0.3, 0.4) is 0 Å². The second-order valence-electron chi connectivity index (χ2n) is 6.84. The maximum absolute atomic E-state index is 12.2. The zero-order chi connectivity index (χ0) is 18.1. The number of rotatable bonds is 8. The summed E-state index contributed by atoms with van der Waals surface area (Å²) in [5.41, 5.74) is 2.34. The van der Waals surface area contributed by atoms with Gasteiger partial charge in [-0.1, -0.05) is 56.5 Å². The van der Waals surface area contributed by atoms with E-state index in [4.69, 9.17) is 4.74 Å². The highest BCUT2D eigenvalue weighted by Crippen LogP contribution is 2.19. The van der Waals surface area contributed by atoms with Crippen molar-refractivity contribution in [3.8, 4) is 0 Å². The summed E-state index contributed by atoms with van der Waals surface area (Å²) in [5, 5.41) is 6.04. The van der Waals surface area contributed by atoms with E-state index in [2.05, 4.69) is 60.6 Å². The highest BCUT2D eigenvalue weighted by Gasteiger charge is 2.27. The van der Waals surface area contributed by atoms with Crippen molar-refractivity contribution >= 4 is 6.03 Å². The Hall–Kier alpha value is -1.59. The molecule has 0 bridgehead atoms. The number of hydrogen-bond donors (Lipinski definition) is 2. The average molecular weight is 348 g/mol. The molecule has 5 nitrogen and oxygen atoms in total. The predicted octanol–water partition coefficient (Wildman–Crippen LogP) is 2.93. The lowest BCUT2D eigenvalue weighted by molar-refractivity contribution is 0.00237. The Morgan fingerprint density at radius 2 is 1.76 bits per heavy atom. The number of aryl methyl sites for hydroxylation is 1. The number of amides is 2. The number of benzene rings is 1. The molecule has 0 aromatic heterocycles. The maximum Gasteiger partial charge on any atom is 0.315 e. The van der Waals surface area contributed by atoms with Crippen LogP contribution in [0.25, 0.3) is 0 Å². The summed E-state index contributed by atoms with van der Waals surface area (Å²) in [6.45, 7) is 11.3. The summed E-state index contributed by atoms with van der Waals surface area (Å²) < 4.78 is 5.48. The second-order valence-corrected chi connectivity index (χ2v) is 6.84. The van der Waals surface area contributed by atoms with Gasteiger partial charge in [0.15, 0.2) is 0 Å². The molecule has 2 rings (SSSR count). The fraction of sp³-hybridized carbons (Fsp3) is 0.650. The average Bonchev–Trinajstić information content (AvgIpc) is 2.65. The van der Waals surface area contributed by atoms with E-state index in [1.54, 1.807) is 0 Å². The van der Waals surface area contributed by atoms with Gasteiger partial charge in [0, 0.05) is 32.2 Å². The number of nitrogens with one attached hydrogen (secondary N) is 2. The summed E-state index contributed by atoms with van der Waals surface area (Å²) in [4.78, 5) is 14.7. The number of carbonyl (C=O) groups is 1. The van der Waals surface area contributed by atoms with E-state index >= 15 is 0 Å². The minimum atomic E-state index is -0.0928. The molecule has 5 heteroatoms. The fourth-order valence-corrected chi connectivity index (χ4v) is 3.48. The van der Waals surface area contributed by atoms with E-state index in [0.717, 1.165) is 44.7 Å². The molecule has 1 heterocycles. The first-order valence-corrected chi connectivity index (χ1v) is 9.53. The van der Waals surface area contributed by atoms with E-state index in [9.17, 15) is 4.79 Å². The van der Waals surface area contributed by atoms with Crippen LogP contribution in [0.2, 0.25) is 0 Å². The molecule has 2 amide bonds. The highest BCUT2D eigenvalue weighted by atomic mass is 16.5. The van der Waals surface area contributed by atoms with E-state index in [-0.39, 0.29) is 6.03 Å². The van der Waals surface area contributed by atoms with E-state index in [1.807, 2.05) is 0 Å². The zero-order valence-corrected chi connectivity index (χ0v) is 15.9. The Morgan fingerprint density at radius 3 is 2.36 bits per heavy atom. The summed E-state index contributed by atoms with van der Waals surface area (Å²) in [7, 11) is 0. The van der Waals surface area contributed by atoms with Crippen LogP contribution in [0, 0.1) is 12.8 Å². The van der Waals surface area contributed by atoms with E-state index in [1.165, 1.54) is 5.56 Å². The van der Waals surface area contributed by atoms with Gasteiger partial charge >= 0.3 is 6.03 Å². The zero-order valence-electron chi connectivity index (χ0n) is 15.9. The lowest BCUT2D eigenvalue weighted by Crippen LogP contribution is -2.53. The van der Waals surface area contributed by atoms with Gasteiger partial charge < -0.3 is 15.4 Å². The Bertz CT molecular complexity index is 508. The van der Waals surface area contributed by atoms with Gasteiger partial charge in [-0.3, -0.25) is 4.90 Å². The minimum Gasteiger partial charge on any atom is -0.379 e. The van der Waals surface area contributed by atoms with Crippen molar-refractivity contribution in [1.29, 1.82) is 0 Å². The van der Waals surface area contributed by atoms with Crippen molar-refractivity contribution in [3.05, 3.63) is 35.4 Å². The van der Waals surface area contributed by atoms with Crippen molar-refractivity contribution in [1.82, 2.24) is 15.5 Å². The monoisotopic (exact) mass is 347 g/mol. The predicted molar refractivity (Wildman–Crippen MR) is 102 cm³/mol. The Kier molecular flexibility index (Phi) is 8.22. The molecular weight excluding hydrogens is 314 g/mol. The summed E-state index contributed by atoms with van der Waals surface area (Å²) >= 11 is 0. The fourth-order valence-electron chi connectivity index (χ4n) is 3.48. The molecule has 1 aromatic rings. The summed E-state index contributed by atoms with van der Waals surface area (Å²) in [6, 6.07) is 8.52. The molecule has 0 spiro atoms. The van der Waals surface area contributed by atoms with Crippen molar-refractivity contribution in [2.24, 2.45) is 5.92 Å². The number of morpholine rings is 1. The van der Waals surface area contributed by atoms with Crippen LogP contribution in [0.4, 0.5) is 4.79 Å². The first-order valence-electron chi connectivity index (χ1n) is 9.53. The Labute approximate surface area is 152 Å². The molecule has 2 N–H and O–H groups in total.